The normalized spacial score (nSPS) is 20.8. The Morgan fingerprint density at radius 2 is 2.07 bits per heavy atom. The molecule has 0 bridgehead atoms. The Kier molecular flexibility index (Phi) is 9.09. The van der Waals surface area contributed by atoms with Gasteiger partial charge >= 0.3 is 0 Å². The van der Waals surface area contributed by atoms with Crippen LogP contribution < -0.4 is 21.3 Å². The van der Waals surface area contributed by atoms with Crippen LogP contribution >= 0.6 is 0 Å². The topological polar surface area (TPSA) is 163 Å². The van der Waals surface area contributed by atoms with Gasteiger partial charge in [-0.05, 0) is 49.2 Å². The van der Waals surface area contributed by atoms with Crippen LogP contribution in [0.1, 0.15) is 36.3 Å². The molecule has 0 aliphatic carbocycles. The third-order valence-electron chi connectivity index (χ3n) is 7.71. The van der Waals surface area contributed by atoms with E-state index in [0.29, 0.717) is 35.5 Å². The first-order chi connectivity index (χ1) is 21.2. The van der Waals surface area contributed by atoms with Crippen molar-refractivity contribution >= 4 is 45.7 Å². The number of aromatic nitrogens is 3. The number of nitrogens with two attached hydrogens (primary N) is 1. The fourth-order valence-electron chi connectivity index (χ4n) is 5.58. The number of hydrogen-bond acceptors (Lipinski definition) is 9. The average Bonchev–Trinajstić information content (AvgIpc) is 3.58. The van der Waals surface area contributed by atoms with E-state index in [4.69, 9.17) is 5.73 Å². The van der Waals surface area contributed by atoms with Gasteiger partial charge < -0.3 is 26.2 Å². The van der Waals surface area contributed by atoms with Crippen molar-refractivity contribution in [3.05, 3.63) is 66.8 Å². The van der Waals surface area contributed by atoms with E-state index in [0.717, 1.165) is 17.7 Å². The highest BCUT2D eigenvalue weighted by atomic mass is 19.1. The smallest absolute Gasteiger partial charge is 0.269 e. The Morgan fingerprint density at radius 1 is 1.25 bits per heavy atom. The highest BCUT2D eigenvalue weighted by Crippen LogP contribution is 2.28. The average molecular weight is 603 g/mol. The zero-order chi connectivity index (χ0) is 31.4. The number of carbonyl (C=O) groups is 3. The number of rotatable bonds is 9. The van der Waals surface area contributed by atoms with Crippen molar-refractivity contribution in [2.75, 3.05) is 36.4 Å². The molecule has 0 saturated carbocycles. The quantitative estimate of drug-likeness (QED) is 0.317. The lowest BCUT2D eigenvalue weighted by Crippen LogP contribution is -2.50. The molecule has 2 fully saturated rings. The summed E-state index contributed by atoms with van der Waals surface area (Å²) in [5.41, 5.74) is 8.09. The summed E-state index contributed by atoms with van der Waals surface area (Å²) in [4.78, 5) is 47.1. The zero-order valence-corrected chi connectivity index (χ0v) is 24.6. The molecular formula is C30H35FN10O3. The number of azo groups is 1. The molecule has 4 heterocycles. The number of nitrogens with zero attached hydrogens (tertiary/aromatic N) is 7. The lowest BCUT2D eigenvalue weighted by atomic mass is 10.0. The Morgan fingerprint density at radius 3 is 2.82 bits per heavy atom. The number of amides is 3. The number of likely N-dealkylation sites (tertiary alicyclic amines) is 1. The van der Waals surface area contributed by atoms with Crippen LogP contribution in [0.2, 0.25) is 0 Å². The van der Waals surface area contributed by atoms with Gasteiger partial charge in [0.2, 0.25) is 11.8 Å². The molecule has 5 rings (SSSR count). The van der Waals surface area contributed by atoms with Crippen LogP contribution in [-0.4, -0.2) is 81.8 Å². The van der Waals surface area contributed by atoms with Crippen molar-refractivity contribution in [3.8, 4) is 0 Å². The predicted molar refractivity (Wildman–Crippen MR) is 165 cm³/mol. The van der Waals surface area contributed by atoms with Crippen molar-refractivity contribution in [3.63, 3.8) is 0 Å². The van der Waals surface area contributed by atoms with E-state index >= 15 is 0 Å². The predicted octanol–water partition coefficient (Wildman–Crippen LogP) is 2.86. The number of fused-ring (bicyclic) bond motifs is 1. The van der Waals surface area contributed by atoms with Crippen LogP contribution in [-0.2, 0) is 16.1 Å². The number of carbonyl (C=O) groups excluding carboxylic acids is 3. The molecule has 230 valence electrons. The Balaban J connectivity index is 1.36. The molecule has 44 heavy (non-hydrogen) atoms. The van der Waals surface area contributed by atoms with Gasteiger partial charge in [0.25, 0.3) is 5.91 Å². The van der Waals surface area contributed by atoms with Crippen molar-refractivity contribution in [2.24, 2.45) is 16.0 Å². The number of allylic oxidation sites excluding steroid dienone is 1. The molecule has 0 spiro atoms. The minimum atomic E-state index is -1.37. The highest BCUT2D eigenvalue weighted by molar-refractivity contribution is 6.05. The Bertz CT molecular complexity index is 1650. The maximum Gasteiger partial charge on any atom is 0.269 e. The first kappa shape index (κ1) is 30.5. The number of primary amides is 1. The van der Waals surface area contributed by atoms with Gasteiger partial charge in [-0.1, -0.05) is 12.6 Å². The molecule has 2 saturated heterocycles. The second-order valence-electron chi connectivity index (χ2n) is 10.9. The van der Waals surface area contributed by atoms with Gasteiger partial charge in [0, 0.05) is 49.9 Å². The zero-order valence-electron chi connectivity index (χ0n) is 24.6. The molecule has 3 aromatic rings. The largest absolute Gasteiger partial charge is 0.364 e. The molecule has 3 amide bonds. The number of benzene rings is 1. The molecule has 4 N–H and O–H groups in total. The van der Waals surface area contributed by atoms with Gasteiger partial charge in [-0.2, -0.15) is 15.3 Å². The molecule has 0 radical (unpaired) electrons. The fourth-order valence-corrected chi connectivity index (χ4v) is 5.58. The molecule has 13 nitrogen and oxygen atoms in total. The van der Waals surface area contributed by atoms with E-state index in [1.807, 2.05) is 6.92 Å². The van der Waals surface area contributed by atoms with Crippen molar-refractivity contribution in [2.45, 2.75) is 45.1 Å². The summed E-state index contributed by atoms with van der Waals surface area (Å²) in [6.07, 6.45) is 3.00. The van der Waals surface area contributed by atoms with Gasteiger partial charge in [0.15, 0.2) is 11.5 Å². The van der Waals surface area contributed by atoms with Gasteiger partial charge in [0.1, 0.15) is 18.8 Å². The molecule has 1 aromatic carbocycles. The minimum Gasteiger partial charge on any atom is -0.364 e. The van der Waals surface area contributed by atoms with Crippen LogP contribution in [0.5, 0.6) is 0 Å². The summed E-state index contributed by atoms with van der Waals surface area (Å²) in [7, 11) is 0. The maximum absolute atomic E-state index is 14.7. The van der Waals surface area contributed by atoms with Crippen LogP contribution in [0.4, 0.5) is 15.9 Å². The molecular weight excluding hydrogens is 567 g/mol. The van der Waals surface area contributed by atoms with Crippen LogP contribution in [0, 0.1) is 0 Å². The van der Waals surface area contributed by atoms with E-state index in [9.17, 15) is 18.8 Å². The third kappa shape index (κ3) is 6.49. The van der Waals surface area contributed by atoms with Gasteiger partial charge in [-0.15, -0.1) is 0 Å². The van der Waals surface area contributed by atoms with Crippen molar-refractivity contribution < 1.29 is 18.8 Å². The molecule has 3 unspecified atom stereocenters. The van der Waals surface area contributed by atoms with E-state index in [1.165, 1.54) is 15.8 Å². The first-order valence-electron chi connectivity index (χ1n) is 14.3. The number of pyridine rings is 1. The van der Waals surface area contributed by atoms with Crippen molar-refractivity contribution in [1.29, 1.82) is 0 Å². The van der Waals surface area contributed by atoms with Crippen molar-refractivity contribution in [1.82, 2.24) is 25.0 Å². The summed E-state index contributed by atoms with van der Waals surface area (Å²) in [6, 6.07) is 7.91. The second kappa shape index (κ2) is 13.1. The van der Waals surface area contributed by atoms with Crippen LogP contribution in [0.15, 0.2) is 65.7 Å². The van der Waals surface area contributed by atoms with Crippen LogP contribution in [0.25, 0.3) is 16.5 Å². The summed E-state index contributed by atoms with van der Waals surface area (Å²) in [6.45, 7) is 9.03. The number of alkyl halides is 1. The molecule has 2 aromatic heterocycles. The molecule has 2 aliphatic heterocycles. The van der Waals surface area contributed by atoms with Gasteiger partial charge in [-0.3, -0.25) is 19.1 Å². The number of nitrogens with one attached hydrogen (secondary N) is 2. The minimum absolute atomic E-state index is 0.0133. The van der Waals surface area contributed by atoms with Gasteiger partial charge in [0.05, 0.1) is 23.9 Å². The Labute approximate surface area is 253 Å². The standard InChI is InChI=1S/C30H35FN10O3/c1-4-35-36-14-18(2)20-7-8-24-22(12-20)27(28(32)43)38-41(24)17-26(42)40-16-21(31)13-25(40)30(44)37-23-6-5-9-34-29(23)39-11-10-33-19(3)15-39/h4-9,12,14,19,21,25,33H,1,10-11,13,15-17H2,2-3H3,(H2,32,43)(H,37,44)/b18-14+,36-35-. The summed E-state index contributed by atoms with van der Waals surface area (Å²) in [5.74, 6) is -1.16. The maximum atomic E-state index is 14.7. The number of anilines is 2. The molecule has 2 aliphatic rings. The lowest BCUT2D eigenvalue weighted by molar-refractivity contribution is -0.137. The van der Waals surface area contributed by atoms with E-state index in [-0.39, 0.29) is 31.2 Å². The summed E-state index contributed by atoms with van der Waals surface area (Å²) < 4.78 is 16.1. The van der Waals surface area contributed by atoms with E-state index < -0.39 is 29.9 Å². The van der Waals surface area contributed by atoms with E-state index in [1.54, 1.807) is 42.7 Å². The number of hydrogen-bond donors (Lipinski definition) is 3. The number of halogens is 1. The SMILES string of the molecule is C=C/N=N\C=C(/C)c1ccc2c(c1)c(C(N)=O)nn2CC(=O)N1CC(F)CC1C(=O)Nc1cccnc1N1CCNC(C)C1. The first-order valence-corrected chi connectivity index (χ1v) is 14.3. The monoisotopic (exact) mass is 602 g/mol. The molecule has 3 atom stereocenters. The highest BCUT2D eigenvalue weighted by Gasteiger charge is 2.40. The summed E-state index contributed by atoms with van der Waals surface area (Å²) in [5, 5.41) is 18.6. The molecule has 14 heteroatoms. The third-order valence-corrected chi connectivity index (χ3v) is 7.71. The number of piperazine rings is 1. The second-order valence-corrected chi connectivity index (χ2v) is 10.9. The lowest BCUT2D eigenvalue weighted by Gasteiger charge is -2.34. The fraction of sp³-hybridized carbons (Fsp3) is 0.367. The Hall–Kier alpha value is -4.98. The summed E-state index contributed by atoms with van der Waals surface area (Å²) >= 11 is 0. The van der Waals surface area contributed by atoms with E-state index in [2.05, 4.69) is 49.3 Å². The van der Waals surface area contributed by atoms with Crippen LogP contribution in [0.3, 0.4) is 0 Å². The van der Waals surface area contributed by atoms with Gasteiger partial charge in [-0.25, -0.2) is 9.37 Å².